The molecule has 0 fully saturated rings. The quantitative estimate of drug-likeness (QED) is 0.169. The number of hydrogen-bond acceptors (Lipinski definition) is 0. The molecule has 0 aliphatic rings. The summed E-state index contributed by atoms with van der Waals surface area (Å²) < 4.78 is 0. The Bertz CT molecular complexity index is 2920. The molecule has 0 aromatic heterocycles. The van der Waals surface area contributed by atoms with Crippen LogP contribution in [-0.4, -0.2) is 0 Å². The van der Waals surface area contributed by atoms with Crippen molar-refractivity contribution in [3.8, 4) is 44.5 Å². The second kappa shape index (κ2) is 11.6. The van der Waals surface area contributed by atoms with E-state index >= 15 is 0 Å². The first-order chi connectivity index (χ1) is 24.8. The van der Waals surface area contributed by atoms with E-state index in [9.17, 15) is 0 Å². The molecule has 0 heteroatoms. The molecule has 10 aromatic carbocycles. The highest BCUT2D eigenvalue weighted by Gasteiger charge is 2.19. The van der Waals surface area contributed by atoms with E-state index < -0.39 is 0 Å². The zero-order chi connectivity index (χ0) is 33.0. The van der Waals surface area contributed by atoms with Gasteiger partial charge in [0.2, 0.25) is 0 Å². The molecule has 0 atom stereocenters. The molecular weight excluding hydrogens is 601 g/mol. The van der Waals surface area contributed by atoms with E-state index in [4.69, 9.17) is 0 Å². The van der Waals surface area contributed by atoms with Crippen LogP contribution in [0.15, 0.2) is 194 Å². The van der Waals surface area contributed by atoms with Gasteiger partial charge in [-0.3, -0.25) is 0 Å². The van der Waals surface area contributed by atoms with Gasteiger partial charge in [0.05, 0.1) is 0 Å². The van der Waals surface area contributed by atoms with E-state index in [1.165, 1.54) is 98.4 Å². The average Bonchev–Trinajstić information content (AvgIpc) is 3.19. The minimum absolute atomic E-state index is 1.22. The second-order valence-electron chi connectivity index (χ2n) is 13.3. The number of rotatable bonds is 4. The van der Waals surface area contributed by atoms with E-state index in [0.29, 0.717) is 0 Å². The van der Waals surface area contributed by atoms with E-state index in [0.717, 1.165) is 0 Å². The van der Waals surface area contributed by atoms with Crippen LogP contribution in [0.1, 0.15) is 0 Å². The Kier molecular flexibility index (Phi) is 6.60. The lowest BCUT2D eigenvalue weighted by molar-refractivity contribution is 1.63. The largest absolute Gasteiger partial charge is 0.0616 e. The van der Waals surface area contributed by atoms with Crippen LogP contribution in [0.25, 0.3) is 98.4 Å². The van der Waals surface area contributed by atoms with Crippen LogP contribution in [0, 0.1) is 0 Å². The van der Waals surface area contributed by atoms with Crippen molar-refractivity contribution in [1.29, 1.82) is 0 Å². The van der Waals surface area contributed by atoms with Gasteiger partial charge in [-0.25, -0.2) is 0 Å². The summed E-state index contributed by atoms with van der Waals surface area (Å²) in [5, 5.41) is 12.6. The van der Waals surface area contributed by atoms with Crippen molar-refractivity contribution in [3.05, 3.63) is 194 Å². The van der Waals surface area contributed by atoms with Gasteiger partial charge in [0.1, 0.15) is 0 Å². The number of hydrogen-bond donors (Lipinski definition) is 0. The Hall–Kier alpha value is -6.50. The summed E-state index contributed by atoms with van der Waals surface area (Å²) in [6.45, 7) is 0. The van der Waals surface area contributed by atoms with Crippen molar-refractivity contribution in [3.63, 3.8) is 0 Å². The lowest BCUT2D eigenvalue weighted by Crippen LogP contribution is -1.93. The number of fused-ring (bicyclic) bond motifs is 5. The highest BCUT2D eigenvalue weighted by molar-refractivity contribution is 6.24. The van der Waals surface area contributed by atoms with Gasteiger partial charge in [-0.2, -0.15) is 0 Å². The third kappa shape index (κ3) is 4.61. The van der Waals surface area contributed by atoms with Gasteiger partial charge >= 0.3 is 0 Å². The van der Waals surface area contributed by atoms with Crippen LogP contribution in [-0.2, 0) is 0 Å². The Morgan fingerprint density at radius 1 is 0.200 bits per heavy atom. The molecule has 0 N–H and O–H groups in total. The molecule has 0 heterocycles. The van der Waals surface area contributed by atoms with Gasteiger partial charge in [-0.05, 0) is 117 Å². The summed E-state index contributed by atoms with van der Waals surface area (Å²) in [6, 6.07) is 71.5. The zero-order valence-electron chi connectivity index (χ0n) is 27.5. The summed E-state index contributed by atoms with van der Waals surface area (Å²) >= 11 is 0. The molecule has 0 saturated heterocycles. The smallest absolute Gasteiger partial charge is 0.00201 e. The number of benzene rings is 10. The minimum Gasteiger partial charge on any atom is -0.0616 e. The first-order valence-electron chi connectivity index (χ1n) is 17.3. The molecule has 0 radical (unpaired) electrons. The topological polar surface area (TPSA) is 0 Å². The normalized spacial score (nSPS) is 11.6. The highest BCUT2D eigenvalue weighted by atomic mass is 14.2. The van der Waals surface area contributed by atoms with E-state index in [1.54, 1.807) is 0 Å². The maximum absolute atomic E-state index is 2.43. The van der Waals surface area contributed by atoms with Crippen molar-refractivity contribution < 1.29 is 0 Å². The minimum atomic E-state index is 1.22. The van der Waals surface area contributed by atoms with E-state index in [-0.39, 0.29) is 0 Å². The molecule has 0 bridgehead atoms. The van der Waals surface area contributed by atoms with Crippen LogP contribution >= 0.6 is 0 Å². The summed E-state index contributed by atoms with van der Waals surface area (Å²) in [4.78, 5) is 0. The standard InChI is InChI=1S/C50H32/c1-2-15-36-30-37(27-26-33(36)12-1)38-28-29-47-48(32-38)49(40-19-9-18-39(31-40)43-24-10-16-34-13-3-5-20-41(34)43)45-22-7-8-23-46(45)50(47)44-25-11-17-35-14-4-6-21-42(35)44/h1-32H. The molecule has 0 saturated carbocycles. The van der Waals surface area contributed by atoms with Crippen LogP contribution < -0.4 is 0 Å². The Morgan fingerprint density at radius 2 is 0.700 bits per heavy atom. The molecule has 50 heavy (non-hydrogen) atoms. The fourth-order valence-corrected chi connectivity index (χ4v) is 8.09. The fourth-order valence-electron chi connectivity index (χ4n) is 8.09. The molecule has 0 aliphatic heterocycles. The van der Waals surface area contributed by atoms with Crippen molar-refractivity contribution in [2.75, 3.05) is 0 Å². The molecular formula is C50H32. The summed E-state index contributed by atoms with van der Waals surface area (Å²) in [7, 11) is 0. The molecule has 232 valence electrons. The van der Waals surface area contributed by atoms with E-state index in [2.05, 4.69) is 194 Å². The third-order valence-electron chi connectivity index (χ3n) is 10.4. The highest BCUT2D eigenvalue weighted by Crippen LogP contribution is 2.47. The maximum atomic E-state index is 2.43. The zero-order valence-corrected chi connectivity index (χ0v) is 27.5. The van der Waals surface area contributed by atoms with Gasteiger partial charge in [-0.1, -0.05) is 176 Å². The lowest BCUT2D eigenvalue weighted by Gasteiger charge is -2.20. The summed E-state index contributed by atoms with van der Waals surface area (Å²) in [5.41, 5.74) is 9.95. The first kappa shape index (κ1) is 28.5. The maximum Gasteiger partial charge on any atom is -0.00201 e. The van der Waals surface area contributed by atoms with Crippen LogP contribution in [0.2, 0.25) is 0 Å². The van der Waals surface area contributed by atoms with Crippen molar-refractivity contribution >= 4 is 53.9 Å². The third-order valence-corrected chi connectivity index (χ3v) is 10.4. The predicted molar refractivity (Wildman–Crippen MR) is 216 cm³/mol. The molecule has 0 nitrogen and oxygen atoms in total. The van der Waals surface area contributed by atoms with Gasteiger partial charge in [-0.15, -0.1) is 0 Å². The van der Waals surface area contributed by atoms with Crippen LogP contribution in [0.3, 0.4) is 0 Å². The lowest BCUT2D eigenvalue weighted by atomic mass is 9.83. The Morgan fingerprint density at radius 3 is 1.46 bits per heavy atom. The fraction of sp³-hybridized carbons (Fsp3) is 0. The average molecular weight is 633 g/mol. The first-order valence-corrected chi connectivity index (χ1v) is 17.3. The van der Waals surface area contributed by atoms with Gasteiger partial charge in [0.25, 0.3) is 0 Å². The SMILES string of the molecule is c1cc(-c2cccc3ccccc23)cc(-c2c3ccccc3c(-c3cccc4ccccc34)c3ccc(-c4ccc5ccccc5c4)cc23)c1. The van der Waals surface area contributed by atoms with Crippen LogP contribution in [0.4, 0.5) is 0 Å². The summed E-state index contributed by atoms with van der Waals surface area (Å²) in [6.07, 6.45) is 0. The monoisotopic (exact) mass is 632 g/mol. The molecule has 0 unspecified atom stereocenters. The van der Waals surface area contributed by atoms with Crippen LogP contribution in [0.5, 0.6) is 0 Å². The Labute approximate surface area is 291 Å². The van der Waals surface area contributed by atoms with Gasteiger partial charge < -0.3 is 0 Å². The molecule has 10 aromatic rings. The van der Waals surface area contributed by atoms with E-state index in [1.807, 2.05) is 0 Å². The molecule has 10 rings (SSSR count). The van der Waals surface area contributed by atoms with Gasteiger partial charge in [0.15, 0.2) is 0 Å². The molecule has 0 aliphatic carbocycles. The van der Waals surface area contributed by atoms with Gasteiger partial charge in [0, 0.05) is 0 Å². The second-order valence-corrected chi connectivity index (χ2v) is 13.3. The molecule has 0 amide bonds. The summed E-state index contributed by atoms with van der Waals surface area (Å²) in [5.74, 6) is 0. The van der Waals surface area contributed by atoms with Crippen molar-refractivity contribution in [2.45, 2.75) is 0 Å². The van der Waals surface area contributed by atoms with Crippen molar-refractivity contribution in [1.82, 2.24) is 0 Å². The molecule has 0 spiro atoms. The Balaban J connectivity index is 1.30. The van der Waals surface area contributed by atoms with Crippen molar-refractivity contribution in [2.24, 2.45) is 0 Å². The predicted octanol–water partition coefficient (Wildman–Crippen LogP) is 14.1.